The average molecular weight is 408 g/mol. The van der Waals surface area contributed by atoms with Crippen LogP contribution >= 0.6 is 24.0 Å². The number of hydrogen-bond acceptors (Lipinski definition) is 3. The van der Waals surface area contributed by atoms with Crippen molar-refractivity contribution in [1.29, 1.82) is 0 Å². The molecular weight excluding hydrogens is 385 g/mol. The number of benzene rings is 2. The minimum absolute atomic E-state index is 0. The first-order valence-corrected chi connectivity index (χ1v) is 9.13. The van der Waals surface area contributed by atoms with Gasteiger partial charge in [-0.25, -0.2) is 0 Å². The van der Waals surface area contributed by atoms with Gasteiger partial charge < -0.3 is 16.4 Å². The van der Waals surface area contributed by atoms with Crippen molar-refractivity contribution in [3.63, 3.8) is 0 Å². The van der Waals surface area contributed by atoms with Gasteiger partial charge >= 0.3 is 0 Å². The van der Waals surface area contributed by atoms with Gasteiger partial charge in [0.05, 0.1) is 11.3 Å². The quantitative estimate of drug-likeness (QED) is 0.702. The molecule has 2 amide bonds. The number of amides is 2. The molecule has 144 valence electrons. The number of nitrogens with one attached hydrogen (secondary N) is 2. The summed E-state index contributed by atoms with van der Waals surface area (Å²) in [4.78, 5) is 25.2. The minimum atomic E-state index is -0.289. The molecule has 0 aliphatic heterocycles. The monoisotopic (exact) mass is 407 g/mol. The van der Waals surface area contributed by atoms with Crippen molar-refractivity contribution in [3.8, 4) is 0 Å². The molecule has 1 fully saturated rings. The van der Waals surface area contributed by atoms with Gasteiger partial charge in [-0.3, -0.25) is 9.59 Å². The molecular formula is C20H23Cl2N3O2. The highest BCUT2D eigenvalue weighted by atomic mass is 35.5. The number of hydrogen-bond donors (Lipinski definition) is 3. The van der Waals surface area contributed by atoms with Crippen LogP contribution in [0.1, 0.15) is 40.0 Å². The maximum atomic E-state index is 12.7. The molecule has 0 saturated heterocycles. The van der Waals surface area contributed by atoms with Gasteiger partial charge in [-0.1, -0.05) is 30.2 Å². The largest absolute Gasteiger partial charge is 0.349 e. The van der Waals surface area contributed by atoms with Crippen molar-refractivity contribution in [1.82, 2.24) is 5.32 Å². The Morgan fingerprint density at radius 2 is 1.74 bits per heavy atom. The Bertz CT molecular complexity index is 796. The topological polar surface area (TPSA) is 84.2 Å². The molecule has 1 aliphatic rings. The highest BCUT2D eigenvalue weighted by Crippen LogP contribution is 2.25. The van der Waals surface area contributed by atoms with Gasteiger partial charge in [0, 0.05) is 16.6 Å². The Morgan fingerprint density at radius 3 is 2.44 bits per heavy atom. The van der Waals surface area contributed by atoms with Gasteiger partial charge in [-0.15, -0.1) is 12.4 Å². The Hall–Kier alpha value is -2.08. The number of halogens is 2. The summed E-state index contributed by atoms with van der Waals surface area (Å²) in [6, 6.07) is 13.7. The van der Waals surface area contributed by atoms with Crippen LogP contribution in [0.4, 0.5) is 5.69 Å². The van der Waals surface area contributed by atoms with Crippen LogP contribution in [0.15, 0.2) is 48.5 Å². The van der Waals surface area contributed by atoms with E-state index in [4.69, 9.17) is 17.3 Å². The number of carbonyl (C=O) groups is 2. The smallest absolute Gasteiger partial charge is 0.255 e. The van der Waals surface area contributed by atoms with E-state index in [0.717, 1.165) is 19.3 Å². The van der Waals surface area contributed by atoms with E-state index in [2.05, 4.69) is 10.6 Å². The van der Waals surface area contributed by atoms with Gasteiger partial charge in [0.15, 0.2) is 0 Å². The van der Waals surface area contributed by atoms with E-state index >= 15 is 0 Å². The molecule has 1 saturated carbocycles. The average Bonchev–Trinajstić information content (AvgIpc) is 3.09. The summed E-state index contributed by atoms with van der Waals surface area (Å²) in [5, 5.41) is 6.44. The van der Waals surface area contributed by atoms with Crippen LogP contribution in [0, 0.1) is 5.92 Å². The maximum Gasteiger partial charge on any atom is 0.255 e. The third-order valence-electron chi connectivity index (χ3n) is 4.80. The first kappa shape index (κ1) is 21.2. The minimum Gasteiger partial charge on any atom is -0.349 e. The third kappa shape index (κ3) is 5.22. The standard InChI is InChI=1S/C20H22ClN3O2.ClH/c21-15-10-8-13(9-11-15)19(25)24-18-6-2-1-5-16(18)20(26)23-17-7-3-4-14(17)12-22;/h1-2,5-6,8-11,14,17H,3-4,7,12,22H2,(H,23,26)(H,24,25);1H. The zero-order chi connectivity index (χ0) is 18.5. The molecule has 3 rings (SSSR count). The lowest BCUT2D eigenvalue weighted by Crippen LogP contribution is -2.40. The molecule has 2 unspecified atom stereocenters. The predicted molar refractivity (Wildman–Crippen MR) is 111 cm³/mol. The molecule has 27 heavy (non-hydrogen) atoms. The van der Waals surface area contributed by atoms with E-state index in [1.54, 1.807) is 48.5 Å². The summed E-state index contributed by atoms with van der Waals surface area (Å²) in [6.45, 7) is 0.569. The lowest BCUT2D eigenvalue weighted by Gasteiger charge is -2.20. The Kier molecular flexibility index (Phi) is 7.66. The van der Waals surface area contributed by atoms with Gasteiger partial charge in [-0.05, 0) is 61.7 Å². The summed E-state index contributed by atoms with van der Waals surface area (Å²) < 4.78 is 0. The fourth-order valence-electron chi connectivity index (χ4n) is 3.34. The number of nitrogens with two attached hydrogens (primary N) is 1. The lowest BCUT2D eigenvalue weighted by atomic mass is 10.0. The van der Waals surface area contributed by atoms with Crippen LogP contribution in [0.5, 0.6) is 0 Å². The summed E-state index contributed by atoms with van der Waals surface area (Å²) in [7, 11) is 0. The first-order chi connectivity index (χ1) is 12.6. The van der Waals surface area contributed by atoms with Gasteiger partial charge in [0.25, 0.3) is 11.8 Å². The molecule has 5 nitrogen and oxygen atoms in total. The third-order valence-corrected chi connectivity index (χ3v) is 5.06. The van der Waals surface area contributed by atoms with Crippen molar-refractivity contribution >= 4 is 41.5 Å². The van der Waals surface area contributed by atoms with Gasteiger partial charge in [-0.2, -0.15) is 0 Å². The van der Waals surface area contributed by atoms with Crippen LogP contribution in [0.25, 0.3) is 0 Å². The van der Waals surface area contributed by atoms with Crippen molar-refractivity contribution in [2.45, 2.75) is 25.3 Å². The number of anilines is 1. The molecule has 2 aromatic rings. The molecule has 2 aromatic carbocycles. The van der Waals surface area contributed by atoms with Gasteiger partial charge in [0.2, 0.25) is 0 Å². The fraction of sp³-hybridized carbons (Fsp3) is 0.300. The summed E-state index contributed by atoms with van der Waals surface area (Å²) in [5.41, 5.74) is 7.19. The fourth-order valence-corrected chi connectivity index (χ4v) is 3.47. The van der Waals surface area contributed by atoms with Crippen molar-refractivity contribution in [3.05, 3.63) is 64.7 Å². The zero-order valence-electron chi connectivity index (χ0n) is 14.8. The van der Waals surface area contributed by atoms with Crippen LogP contribution in [0.3, 0.4) is 0 Å². The molecule has 4 N–H and O–H groups in total. The van der Waals surface area contributed by atoms with Crippen molar-refractivity contribution in [2.24, 2.45) is 11.7 Å². The molecule has 2 atom stereocenters. The van der Waals surface area contributed by atoms with E-state index in [-0.39, 0.29) is 30.3 Å². The Balaban J connectivity index is 0.00000261. The van der Waals surface area contributed by atoms with Gasteiger partial charge in [0.1, 0.15) is 0 Å². The molecule has 0 heterocycles. The van der Waals surface area contributed by atoms with Crippen LogP contribution in [-0.4, -0.2) is 24.4 Å². The molecule has 0 aromatic heterocycles. The summed E-state index contributed by atoms with van der Waals surface area (Å²) in [5.74, 6) is -0.167. The highest BCUT2D eigenvalue weighted by Gasteiger charge is 2.28. The van der Waals surface area contributed by atoms with E-state index < -0.39 is 0 Å². The molecule has 0 bridgehead atoms. The second-order valence-electron chi connectivity index (χ2n) is 6.51. The summed E-state index contributed by atoms with van der Waals surface area (Å²) >= 11 is 5.85. The normalized spacial score (nSPS) is 18.4. The van der Waals surface area contributed by atoms with E-state index in [1.165, 1.54) is 0 Å². The second-order valence-corrected chi connectivity index (χ2v) is 6.95. The van der Waals surface area contributed by atoms with Crippen LogP contribution in [-0.2, 0) is 0 Å². The zero-order valence-corrected chi connectivity index (χ0v) is 16.4. The van der Waals surface area contributed by atoms with Crippen molar-refractivity contribution in [2.75, 3.05) is 11.9 Å². The number of carbonyl (C=O) groups excluding carboxylic acids is 2. The van der Waals surface area contributed by atoms with Crippen LogP contribution < -0.4 is 16.4 Å². The maximum absolute atomic E-state index is 12.7. The Labute approximate surface area is 170 Å². The SMILES string of the molecule is Cl.NCC1CCCC1NC(=O)c1ccccc1NC(=O)c1ccc(Cl)cc1. The van der Waals surface area contributed by atoms with E-state index in [1.807, 2.05) is 0 Å². The predicted octanol–water partition coefficient (Wildman–Crippen LogP) is 3.87. The molecule has 1 aliphatic carbocycles. The summed E-state index contributed by atoms with van der Waals surface area (Å²) in [6.07, 6.45) is 3.05. The first-order valence-electron chi connectivity index (χ1n) is 8.75. The van der Waals surface area contributed by atoms with Crippen LogP contribution in [0.2, 0.25) is 5.02 Å². The highest BCUT2D eigenvalue weighted by molar-refractivity contribution is 6.30. The molecule has 0 radical (unpaired) electrons. The second kappa shape index (κ2) is 9.74. The Morgan fingerprint density at radius 1 is 1.04 bits per heavy atom. The molecule has 7 heteroatoms. The lowest BCUT2D eigenvalue weighted by molar-refractivity contribution is 0.0929. The molecule has 0 spiro atoms. The van der Waals surface area contributed by atoms with Crippen molar-refractivity contribution < 1.29 is 9.59 Å². The van der Waals surface area contributed by atoms with E-state index in [9.17, 15) is 9.59 Å². The van der Waals surface area contributed by atoms with E-state index in [0.29, 0.717) is 34.3 Å². The number of para-hydroxylation sites is 1. The number of rotatable bonds is 5.